The number of nitrogens with one attached hydrogen (secondary N) is 2. The van der Waals surface area contributed by atoms with Crippen molar-refractivity contribution < 1.29 is 19.1 Å². The van der Waals surface area contributed by atoms with E-state index in [-0.39, 0.29) is 0 Å². The predicted octanol–water partition coefficient (Wildman–Crippen LogP) is 3.35. The summed E-state index contributed by atoms with van der Waals surface area (Å²) in [5.74, 6) is -0.639. The largest absolute Gasteiger partial charge is 0.497 e. The van der Waals surface area contributed by atoms with Crippen LogP contribution in [0.3, 0.4) is 0 Å². The maximum absolute atomic E-state index is 12.1. The summed E-state index contributed by atoms with van der Waals surface area (Å²) in [4.78, 5) is 24.2. The smallest absolute Gasteiger partial charge is 0.314 e. The molecule has 2 rings (SSSR count). The van der Waals surface area contributed by atoms with E-state index in [1.54, 1.807) is 24.3 Å². The van der Waals surface area contributed by atoms with Crippen molar-refractivity contribution in [3.63, 3.8) is 0 Å². The second kappa shape index (κ2) is 7.83. The summed E-state index contributed by atoms with van der Waals surface area (Å²) < 4.78 is 11.0. The molecule has 2 aromatic carbocycles. The molecule has 2 N–H and O–H groups in total. The van der Waals surface area contributed by atoms with Gasteiger partial charge < -0.3 is 20.1 Å². The first-order valence-corrected chi connectivity index (χ1v) is 7.84. The molecule has 0 aliphatic heterocycles. The van der Waals surface area contributed by atoms with Gasteiger partial charge in [0.1, 0.15) is 11.5 Å². The van der Waals surface area contributed by atoms with E-state index in [0.29, 0.717) is 27.3 Å². The van der Waals surface area contributed by atoms with Crippen LogP contribution in [0.25, 0.3) is 0 Å². The SMILES string of the molecule is COc1ccc(OC)c(NC(=O)C(=O)Nc2ccc(C)cc2Br)c1. The second-order valence-corrected chi connectivity index (χ2v) is 5.81. The number of carbonyl (C=O) groups is 2. The fourth-order valence-electron chi connectivity index (χ4n) is 1.99. The van der Waals surface area contributed by atoms with Crippen LogP contribution in [0.1, 0.15) is 5.56 Å². The lowest BCUT2D eigenvalue weighted by Gasteiger charge is -2.12. The Bertz CT molecular complexity index is 777. The van der Waals surface area contributed by atoms with Gasteiger partial charge in [0.05, 0.1) is 25.6 Å². The number of benzene rings is 2. The highest BCUT2D eigenvalue weighted by molar-refractivity contribution is 9.10. The Kier molecular flexibility index (Phi) is 5.81. The van der Waals surface area contributed by atoms with Crippen LogP contribution in [0.5, 0.6) is 11.5 Å². The highest BCUT2D eigenvalue weighted by atomic mass is 79.9. The molecule has 6 nitrogen and oxygen atoms in total. The van der Waals surface area contributed by atoms with Crippen LogP contribution in [-0.2, 0) is 9.59 Å². The van der Waals surface area contributed by atoms with Crippen LogP contribution in [0.2, 0.25) is 0 Å². The third kappa shape index (κ3) is 4.26. The molecule has 2 amide bonds. The van der Waals surface area contributed by atoms with Crippen molar-refractivity contribution in [2.75, 3.05) is 24.9 Å². The third-order valence-electron chi connectivity index (χ3n) is 3.23. The normalized spacial score (nSPS) is 10.0. The fraction of sp³-hybridized carbons (Fsp3) is 0.176. The van der Waals surface area contributed by atoms with E-state index >= 15 is 0 Å². The van der Waals surface area contributed by atoms with Gasteiger partial charge in [0.2, 0.25) is 0 Å². The van der Waals surface area contributed by atoms with Crippen LogP contribution in [-0.4, -0.2) is 26.0 Å². The van der Waals surface area contributed by atoms with E-state index in [1.165, 1.54) is 14.2 Å². The summed E-state index contributed by atoms with van der Waals surface area (Å²) in [6.45, 7) is 1.93. The van der Waals surface area contributed by atoms with Gasteiger partial charge in [0.15, 0.2) is 0 Å². The van der Waals surface area contributed by atoms with Crippen LogP contribution in [0.4, 0.5) is 11.4 Å². The first-order valence-electron chi connectivity index (χ1n) is 7.05. The van der Waals surface area contributed by atoms with E-state index in [4.69, 9.17) is 9.47 Å². The monoisotopic (exact) mass is 392 g/mol. The van der Waals surface area contributed by atoms with Crippen molar-refractivity contribution >= 4 is 39.1 Å². The Labute approximate surface area is 148 Å². The summed E-state index contributed by atoms with van der Waals surface area (Å²) in [7, 11) is 2.98. The van der Waals surface area contributed by atoms with Gasteiger partial charge in [-0.1, -0.05) is 6.07 Å². The molecule has 24 heavy (non-hydrogen) atoms. The predicted molar refractivity (Wildman–Crippen MR) is 95.7 cm³/mol. The minimum atomic E-state index is -0.811. The van der Waals surface area contributed by atoms with E-state index in [9.17, 15) is 9.59 Å². The standard InChI is InChI=1S/C17H17BrN2O4/c1-10-4-6-13(12(18)8-10)19-16(21)17(22)20-14-9-11(23-2)5-7-15(14)24-3/h4-9H,1-3H3,(H,19,21)(H,20,22). The number of carbonyl (C=O) groups excluding carboxylic acids is 2. The molecule has 2 aromatic rings. The number of anilines is 2. The topological polar surface area (TPSA) is 76.7 Å². The highest BCUT2D eigenvalue weighted by Crippen LogP contribution is 2.29. The lowest BCUT2D eigenvalue weighted by molar-refractivity contribution is -0.133. The van der Waals surface area contributed by atoms with Crippen LogP contribution in [0.15, 0.2) is 40.9 Å². The van der Waals surface area contributed by atoms with Gasteiger partial charge in [-0.2, -0.15) is 0 Å². The Morgan fingerprint density at radius 3 is 2.17 bits per heavy atom. The number of aryl methyl sites for hydroxylation is 1. The molecular formula is C17H17BrN2O4. The summed E-state index contributed by atoms with van der Waals surface area (Å²) in [5.41, 5.74) is 1.89. The zero-order chi connectivity index (χ0) is 17.7. The van der Waals surface area contributed by atoms with Crippen molar-refractivity contribution in [2.45, 2.75) is 6.92 Å². The minimum Gasteiger partial charge on any atom is -0.497 e. The first-order chi connectivity index (χ1) is 11.4. The average molecular weight is 393 g/mol. The summed E-state index contributed by atoms with van der Waals surface area (Å²) in [5, 5.41) is 5.07. The van der Waals surface area contributed by atoms with Crippen molar-refractivity contribution in [3.8, 4) is 11.5 Å². The molecule has 0 spiro atoms. The van der Waals surface area contributed by atoms with Crippen LogP contribution in [0, 0.1) is 6.92 Å². The van der Waals surface area contributed by atoms with E-state index in [2.05, 4.69) is 26.6 Å². The quantitative estimate of drug-likeness (QED) is 0.782. The Balaban J connectivity index is 2.13. The number of methoxy groups -OCH3 is 2. The minimum absolute atomic E-state index is 0.347. The molecule has 0 heterocycles. The van der Waals surface area contributed by atoms with Crippen LogP contribution < -0.4 is 20.1 Å². The molecule has 7 heteroatoms. The van der Waals surface area contributed by atoms with Gasteiger partial charge in [-0.3, -0.25) is 9.59 Å². The third-order valence-corrected chi connectivity index (χ3v) is 3.89. The number of rotatable bonds is 4. The van der Waals surface area contributed by atoms with Crippen molar-refractivity contribution in [3.05, 3.63) is 46.4 Å². The zero-order valence-corrected chi connectivity index (χ0v) is 15.1. The molecule has 0 aromatic heterocycles. The molecule has 0 aliphatic rings. The number of hydrogen-bond donors (Lipinski definition) is 2. The molecule has 0 fully saturated rings. The fourth-order valence-corrected chi connectivity index (χ4v) is 2.58. The molecule has 126 valence electrons. The first kappa shape index (κ1) is 17.8. The van der Waals surface area contributed by atoms with E-state index in [1.807, 2.05) is 19.1 Å². The van der Waals surface area contributed by atoms with Gasteiger partial charge in [-0.05, 0) is 52.7 Å². The number of amides is 2. The molecular weight excluding hydrogens is 376 g/mol. The highest BCUT2D eigenvalue weighted by Gasteiger charge is 2.17. The molecule has 0 aliphatic carbocycles. The van der Waals surface area contributed by atoms with E-state index < -0.39 is 11.8 Å². The summed E-state index contributed by atoms with van der Waals surface area (Å²) in [6.07, 6.45) is 0. The van der Waals surface area contributed by atoms with Crippen molar-refractivity contribution in [1.82, 2.24) is 0 Å². The van der Waals surface area contributed by atoms with Gasteiger partial charge in [-0.15, -0.1) is 0 Å². The maximum atomic E-state index is 12.1. The maximum Gasteiger partial charge on any atom is 0.314 e. The van der Waals surface area contributed by atoms with Gasteiger partial charge >= 0.3 is 11.8 Å². The average Bonchev–Trinajstić information content (AvgIpc) is 2.57. The van der Waals surface area contributed by atoms with Gasteiger partial charge in [0.25, 0.3) is 0 Å². The molecule has 0 radical (unpaired) electrons. The Hall–Kier alpha value is -2.54. The van der Waals surface area contributed by atoms with Crippen molar-refractivity contribution in [1.29, 1.82) is 0 Å². The molecule has 0 bridgehead atoms. The lowest BCUT2D eigenvalue weighted by atomic mass is 10.2. The number of halogens is 1. The second-order valence-electron chi connectivity index (χ2n) is 4.96. The molecule has 0 unspecified atom stereocenters. The number of ether oxygens (including phenoxy) is 2. The zero-order valence-electron chi connectivity index (χ0n) is 13.5. The molecule has 0 saturated carbocycles. The Morgan fingerprint density at radius 1 is 0.917 bits per heavy atom. The molecule has 0 saturated heterocycles. The van der Waals surface area contributed by atoms with E-state index in [0.717, 1.165) is 5.56 Å². The van der Waals surface area contributed by atoms with Gasteiger partial charge in [0, 0.05) is 10.5 Å². The van der Waals surface area contributed by atoms with Gasteiger partial charge in [-0.25, -0.2) is 0 Å². The Morgan fingerprint density at radius 2 is 1.58 bits per heavy atom. The van der Waals surface area contributed by atoms with Crippen LogP contribution >= 0.6 is 15.9 Å². The van der Waals surface area contributed by atoms with Crippen molar-refractivity contribution in [2.24, 2.45) is 0 Å². The summed E-state index contributed by atoms with van der Waals surface area (Å²) >= 11 is 3.35. The number of hydrogen-bond acceptors (Lipinski definition) is 4. The lowest BCUT2D eigenvalue weighted by Crippen LogP contribution is -2.29. The molecule has 0 atom stereocenters. The summed E-state index contributed by atoms with van der Waals surface area (Å²) in [6, 6.07) is 10.3.